The van der Waals surface area contributed by atoms with Crippen LogP contribution in [0.5, 0.6) is 0 Å². The van der Waals surface area contributed by atoms with Crippen molar-refractivity contribution in [2.24, 2.45) is 11.7 Å². The number of piperidine rings is 1. The fourth-order valence-electron chi connectivity index (χ4n) is 5.37. The molecule has 2 nitrogen and oxygen atoms in total. The molecule has 1 aromatic rings. The molecule has 2 N–H and O–H groups in total. The Morgan fingerprint density at radius 2 is 2.20 bits per heavy atom. The lowest BCUT2D eigenvalue weighted by Gasteiger charge is -2.58. The quantitative estimate of drug-likeness (QED) is 0.850. The molecule has 0 aromatic heterocycles. The number of likely N-dealkylation sites (tertiary alicyclic amines) is 1. The number of hydrogen-bond acceptors (Lipinski definition) is 2. The number of likely N-dealkylation sites (N-methyl/N-ethyl adjacent to an activating group) is 1. The van der Waals surface area contributed by atoms with Crippen LogP contribution < -0.4 is 5.73 Å². The topological polar surface area (TPSA) is 29.3 Å². The SMILES string of the molecule is CN1CC[C@]23CCCC[C@H]2[C@H]1Cc1ccc(CN)cc13. The predicted octanol–water partition coefficient (Wildman–Crippen LogP) is 2.83. The van der Waals surface area contributed by atoms with Crippen molar-refractivity contribution < 1.29 is 0 Å². The highest BCUT2D eigenvalue weighted by Crippen LogP contribution is 2.55. The van der Waals surface area contributed by atoms with Crippen molar-refractivity contribution in [2.75, 3.05) is 13.6 Å². The van der Waals surface area contributed by atoms with Crippen LogP contribution in [0.25, 0.3) is 0 Å². The molecule has 1 heterocycles. The Bertz CT molecular complexity index is 524. The average molecular weight is 270 g/mol. The smallest absolute Gasteiger partial charge is 0.0178 e. The minimum Gasteiger partial charge on any atom is -0.326 e. The fourth-order valence-corrected chi connectivity index (χ4v) is 5.37. The first-order valence-corrected chi connectivity index (χ1v) is 8.27. The maximum absolute atomic E-state index is 5.89. The third-order valence-electron chi connectivity index (χ3n) is 6.41. The molecule has 3 aliphatic rings. The second-order valence-corrected chi connectivity index (χ2v) is 7.21. The summed E-state index contributed by atoms with van der Waals surface area (Å²) < 4.78 is 0. The van der Waals surface area contributed by atoms with E-state index in [4.69, 9.17) is 5.73 Å². The summed E-state index contributed by atoms with van der Waals surface area (Å²) in [6.07, 6.45) is 8.29. The van der Waals surface area contributed by atoms with E-state index >= 15 is 0 Å². The molecule has 20 heavy (non-hydrogen) atoms. The van der Waals surface area contributed by atoms with Gasteiger partial charge in [-0.25, -0.2) is 0 Å². The summed E-state index contributed by atoms with van der Waals surface area (Å²) >= 11 is 0. The van der Waals surface area contributed by atoms with Crippen LogP contribution in [0.1, 0.15) is 48.8 Å². The molecule has 4 rings (SSSR count). The van der Waals surface area contributed by atoms with E-state index < -0.39 is 0 Å². The van der Waals surface area contributed by atoms with Gasteiger partial charge in [0.15, 0.2) is 0 Å². The van der Waals surface area contributed by atoms with Crippen LogP contribution in [0, 0.1) is 5.92 Å². The molecule has 1 saturated carbocycles. The molecule has 0 spiro atoms. The summed E-state index contributed by atoms with van der Waals surface area (Å²) in [7, 11) is 2.34. The van der Waals surface area contributed by atoms with Gasteiger partial charge in [0.1, 0.15) is 0 Å². The Morgan fingerprint density at radius 3 is 3.05 bits per heavy atom. The summed E-state index contributed by atoms with van der Waals surface area (Å²) in [5.74, 6) is 0.885. The van der Waals surface area contributed by atoms with Gasteiger partial charge < -0.3 is 10.6 Å². The lowest BCUT2D eigenvalue weighted by molar-refractivity contribution is 0.00282. The van der Waals surface area contributed by atoms with Gasteiger partial charge in [0, 0.05) is 18.0 Å². The Labute approximate surface area is 122 Å². The minimum absolute atomic E-state index is 0.480. The minimum atomic E-state index is 0.480. The standard InChI is InChI=1S/C18H26N2/c1-20-9-8-18-7-3-2-4-15(18)17(20)11-14-6-5-13(12-19)10-16(14)18/h5-6,10,15,17H,2-4,7-9,11-12,19H2,1H3/t15-,17+,18+/m0/s1. The van der Waals surface area contributed by atoms with Gasteiger partial charge in [-0.3, -0.25) is 0 Å². The van der Waals surface area contributed by atoms with Gasteiger partial charge in [-0.1, -0.05) is 31.0 Å². The number of nitrogens with zero attached hydrogens (tertiary/aromatic N) is 1. The molecule has 0 amide bonds. The van der Waals surface area contributed by atoms with E-state index in [1.807, 2.05) is 0 Å². The zero-order valence-electron chi connectivity index (χ0n) is 12.6. The molecule has 1 saturated heterocycles. The zero-order valence-corrected chi connectivity index (χ0v) is 12.6. The van der Waals surface area contributed by atoms with Gasteiger partial charge in [-0.05, 0) is 61.9 Å². The first-order chi connectivity index (χ1) is 9.74. The molecule has 108 valence electrons. The molecular weight excluding hydrogens is 244 g/mol. The van der Waals surface area contributed by atoms with Crippen molar-refractivity contribution in [3.05, 3.63) is 34.9 Å². The van der Waals surface area contributed by atoms with E-state index in [9.17, 15) is 0 Å². The highest BCUT2D eigenvalue weighted by Gasteiger charge is 2.52. The van der Waals surface area contributed by atoms with Crippen LogP contribution in [-0.4, -0.2) is 24.5 Å². The lowest BCUT2D eigenvalue weighted by Crippen LogP contribution is -2.59. The third-order valence-corrected chi connectivity index (χ3v) is 6.41. The van der Waals surface area contributed by atoms with E-state index in [1.165, 1.54) is 50.6 Å². The van der Waals surface area contributed by atoms with Gasteiger partial charge in [0.25, 0.3) is 0 Å². The molecular formula is C18H26N2. The van der Waals surface area contributed by atoms with Crippen molar-refractivity contribution in [2.45, 2.75) is 56.5 Å². The lowest BCUT2D eigenvalue weighted by atomic mass is 9.52. The maximum atomic E-state index is 5.89. The van der Waals surface area contributed by atoms with Crippen molar-refractivity contribution in [1.82, 2.24) is 4.90 Å². The summed E-state index contributed by atoms with van der Waals surface area (Å²) in [6, 6.07) is 7.85. The van der Waals surface area contributed by atoms with Crippen LogP contribution in [0.2, 0.25) is 0 Å². The molecule has 0 radical (unpaired) electrons. The molecule has 3 atom stereocenters. The number of fused-ring (bicyclic) bond motifs is 1. The summed E-state index contributed by atoms with van der Waals surface area (Å²) in [4.78, 5) is 2.63. The molecule has 2 fully saturated rings. The Hall–Kier alpha value is -0.860. The van der Waals surface area contributed by atoms with E-state index in [-0.39, 0.29) is 0 Å². The number of hydrogen-bond donors (Lipinski definition) is 1. The maximum Gasteiger partial charge on any atom is 0.0178 e. The molecule has 2 aliphatic carbocycles. The normalized spacial score (nSPS) is 36.3. The summed E-state index contributed by atoms with van der Waals surface area (Å²) in [5, 5.41) is 0. The van der Waals surface area contributed by atoms with Crippen molar-refractivity contribution in [3.8, 4) is 0 Å². The second-order valence-electron chi connectivity index (χ2n) is 7.21. The number of benzene rings is 1. The van der Waals surface area contributed by atoms with Crippen LogP contribution in [0.15, 0.2) is 18.2 Å². The van der Waals surface area contributed by atoms with Crippen molar-refractivity contribution in [1.29, 1.82) is 0 Å². The van der Waals surface area contributed by atoms with Gasteiger partial charge >= 0.3 is 0 Å². The molecule has 1 aromatic carbocycles. The molecule has 0 unspecified atom stereocenters. The Balaban J connectivity index is 1.88. The third kappa shape index (κ3) is 1.64. The van der Waals surface area contributed by atoms with Gasteiger partial charge in [-0.15, -0.1) is 0 Å². The predicted molar refractivity (Wildman–Crippen MR) is 82.7 cm³/mol. The van der Waals surface area contributed by atoms with E-state index in [2.05, 4.69) is 30.1 Å². The average Bonchev–Trinajstić information content (AvgIpc) is 2.50. The van der Waals surface area contributed by atoms with Crippen LogP contribution >= 0.6 is 0 Å². The van der Waals surface area contributed by atoms with Crippen molar-refractivity contribution in [3.63, 3.8) is 0 Å². The van der Waals surface area contributed by atoms with Crippen LogP contribution in [0.3, 0.4) is 0 Å². The first kappa shape index (κ1) is 12.8. The van der Waals surface area contributed by atoms with E-state index in [0.29, 0.717) is 12.0 Å². The largest absolute Gasteiger partial charge is 0.326 e. The molecule has 1 aliphatic heterocycles. The highest BCUT2D eigenvalue weighted by molar-refractivity contribution is 5.43. The van der Waals surface area contributed by atoms with Gasteiger partial charge in [0.05, 0.1) is 0 Å². The number of rotatable bonds is 1. The molecule has 2 heteroatoms. The van der Waals surface area contributed by atoms with Crippen LogP contribution in [0.4, 0.5) is 0 Å². The fraction of sp³-hybridized carbons (Fsp3) is 0.667. The monoisotopic (exact) mass is 270 g/mol. The second kappa shape index (κ2) is 4.57. The van der Waals surface area contributed by atoms with Crippen molar-refractivity contribution >= 4 is 0 Å². The zero-order chi connectivity index (χ0) is 13.7. The first-order valence-electron chi connectivity index (χ1n) is 8.27. The van der Waals surface area contributed by atoms with Gasteiger partial charge in [0.2, 0.25) is 0 Å². The summed E-state index contributed by atoms with van der Waals surface area (Å²) in [6.45, 7) is 1.95. The van der Waals surface area contributed by atoms with Crippen LogP contribution in [-0.2, 0) is 18.4 Å². The number of nitrogens with two attached hydrogens (primary N) is 1. The molecule has 2 bridgehead atoms. The van der Waals surface area contributed by atoms with E-state index in [1.54, 1.807) is 11.1 Å². The Morgan fingerprint density at radius 1 is 1.30 bits per heavy atom. The van der Waals surface area contributed by atoms with E-state index in [0.717, 1.165) is 12.0 Å². The summed E-state index contributed by atoms with van der Waals surface area (Å²) in [5.41, 5.74) is 11.0. The Kier molecular flexibility index (Phi) is 2.94. The van der Waals surface area contributed by atoms with Gasteiger partial charge in [-0.2, -0.15) is 0 Å². The highest BCUT2D eigenvalue weighted by atomic mass is 15.1.